The summed E-state index contributed by atoms with van der Waals surface area (Å²) in [5.41, 5.74) is 6.82. The van der Waals surface area contributed by atoms with Crippen LogP contribution in [0, 0.1) is 13.8 Å². The normalized spacial score (nSPS) is 14.5. The van der Waals surface area contributed by atoms with E-state index in [0.29, 0.717) is 0 Å². The number of hydrogen-bond donors (Lipinski definition) is 0. The Morgan fingerprint density at radius 1 is 0.390 bits per heavy atom. The molecular weight excluding hydrogens is 513 g/mol. The largest absolute Gasteiger partial charge is 0.139 e. The summed E-state index contributed by atoms with van der Waals surface area (Å²) in [7, 11) is -1.62. The Morgan fingerprint density at radius 3 is 1.39 bits per heavy atom. The van der Waals surface area contributed by atoms with Crippen molar-refractivity contribution in [1.82, 2.24) is 0 Å². The number of rotatable bonds is 3. The predicted molar refractivity (Wildman–Crippen MR) is 178 cm³/mol. The second-order valence-electron chi connectivity index (χ2n) is 11.0. The number of hydrogen-bond acceptors (Lipinski definition) is 0. The lowest BCUT2D eigenvalue weighted by atomic mass is 9.84. The van der Waals surface area contributed by atoms with Crippen molar-refractivity contribution in [3.8, 4) is 11.1 Å². The van der Waals surface area contributed by atoms with E-state index >= 15 is 0 Å². The van der Waals surface area contributed by atoms with Gasteiger partial charge in [-0.1, -0.05) is 109 Å². The zero-order valence-corrected chi connectivity index (χ0v) is 24.1. The average Bonchev–Trinajstić information content (AvgIpc) is 3.46. The van der Waals surface area contributed by atoms with Gasteiger partial charge in [-0.25, -0.2) is 0 Å². The summed E-state index contributed by atoms with van der Waals surface area (Å²) in [4.78, 5) is 4.23. The van der Waals surface area contributed by atoms with Gasteiger partial charge in [-0.05, 0) is 110 Å². The Balaban J connectivity index is 1.59. The van der Waals surface area contributed by atoms with Gasteiger partial charge in [0.2, 0.25) is 0 Å². The summed E-state index contributed by atoms with van der Waals surface area (Å²) in [5.74, 6) is 0. The van der Waals surface area contributed by atoms with Gasteiger partial charge < -0.3 is 0 Å². The van der Waals surface area contributed by atoms with Crippen molar-refractivity contribution >= 4 is 48.4 Å². The third-order valence-electron chi connectivity index (χ3n) is 8.88. The quantitative estimate of drug-likeness (QED) is 0.195. The van der Waals surface area contributed by atoms with Crippen LogP contribution in [-0.4, -0.2) is 0 Å². The smallest absolute Gasteiger partial charge is 0.0132 e. The molecule has 7 aromatic rings. The minimum atomic E-state index is -1.62. The van der Waals surface area contributed by atoms with Gasteiger partial charge in [0, 0.05) is 14.7 Å². The van der Waals surface area contributed by atoms with Gasteiger partial charge in [-0.3, -0.25) is 0 Å². The highest BCUT2D eigenvalue weighted by atomic mass is 32.3. The second kappa shape index (κ2) is 9.23. The molecule has 8 rings (SSSR count). The Kier molecular flexibility index (Phi) is 5.45. The summed E-state index contributed by atoms with van der Waals surface area (Å²) in [6, 6.07) is 49.2. The molecule has 7 aromatic carbocycles. The molecule has 1 aliphatic rings. The molecular formula is C40H30S. The molecule has 1 aliphatic heterocycles. The van der Waals surface area contributed by atoms with E-state index in [9.17, 15) is 0 Å². The Labute approximate surface area is 242 Å². The van der Waals surface area contributed by atoms with Crippen LogP contribution in [0.25, 0.3) is 49.5 Å². The van der Waals surface area contributed by atoms with Gasteiger partial charge in [0.1, 0.15) is 0 Å². The van der Waals surface area contributed by atoms with Gasteiger partial charge in [0.15, 0.2) is 0 Å². The predicted octanol–water partition coefficient (Wildman–Crippen LogP) is 11.7. The van der Waals surface area contributed by atoms with Crippen LogP contribution in [0.15, 0.2) is 154 Å². The van der Waals surface area contributed by atoms with E-state index < -0.39 is 10.0 Å². The first-order valence-corrected chi connectivity index (χ1v) is 16.0. The second-order valence-corrected chi connectivity index (χ2v) is 13.9. The summed E-state index contributed by atoms with van der Waals surface area (Å²) in [6.07, 6.45) is 2.41. The first-order valence-electron chi connectivity index (χ1n) is 14.3. The van der Waals surface area contributed by atoms with Crippen molar-refractivity contribution in [2.24, 2.45) is 0 Å². The van der Waals surface area contributed by atoms with Gasteiger partial charge >= 0.3 is 0 Å². The van der Waals surface area contributed by atoms with Crippen LogP contribution in [0.3, 0.4) is 0 Å². The number of aryl methyl sites for hydroxylation is 1. The minimum absolute atomic E-state index is 1.32. The lowest BCUT2D eigenvalue weighted by Crippen LogP contribution is -2.04. The maximum absolute atomic E-state index is 2.52. The van der Waals surface area contributed by atoms with E-state index in [0.717, 1.165) is 0 Å². The van der Waals surface area contributed by atoms with Crippen LogP contribution >= 0.6 is 10.0 Å². The monoisotopic (exact) mass is 542 g/mol. The number of fused-ring (bicyclic) bond motifs is 6. The van der Waals surface area contributed by atoms with Crippen molar-refractivity contribution in [2.45, 2.75) is 28.5 Å². The highest BCUT2D eigenvalue weighted by Crippen LogP contribution is 2.75. The molecule has 1 heteroatoms. The van der Waals surface area contributed by atoms with Crippen molar-refractivity contribution < 1.29 is 0 Å². The van der Waals surface area contributed by atoms with Crippen LogP contribution in [0.4, 0.5) is 0 Å². The van der Waals surface area contributed by atoms with Crippen molar-refractivity contribution in [3.05, 3.63) is 156 Å². The topological polar surface area (TPSA) is 0 Å². The third-order valence-corrected chi connectivity index (χ3v) is 12.6. The zero-order valence-electron chi connectivity index (χ0n) is 23.3. The van der Waals surface area contributed by atoms with E-state index in [-0.39, 0.29) is 0 Å². The molecule has 196 valence electrons. The molecule has 0 nitrogen and oxygen atoms in total. The van der Waals surface area contributed by atoms with Crippen molar-refractivity contribution in [3.63, 3.8) is 0 Å². The fraction of sp³-hybridized carbons (Fsp3) is 0.0500. The molecule has 0 bridgehead atoms. The molecule has 0 N–H and O–H groups in total. The van der Waals surface area contributed by atoms with Crippen molar-refractivity contribution in [2.75, 3.05) is 0 Å². The Hall–Kier alpha value is -4.59. The highest BCUT2D eigenvalue weighted by Gasteiger charge is 2.37. The molecule has 0 fully saturated rings. The van der Waals surface area contributed by atoms with E-state index in [2.05, 4.69) is 159 Å². The van der Waals surface area contributed by atoms with Crippen LogP contribution in [-0.2, 0) is 0 Å². The van der Waals surface area contributed by atoms with Gasteiger partial charge in [0.25, 0.3) is 0 Å². The van der Waals surface area contributed by atoms with Gasteiger partial charge in [-0.15, -0.1) is 10.0 Å². The lowest BCUT2D eigenvalue weighted by Gasteiger charge is -2.38. The van der Waals surface area contributed by atoms with E-state index in [1.54, 1.807) is 0 Å². The third kappa shape index (κ3) is 3.36. The summed E-state index contributed by atoms with van der Waals surface area (Å²) >= 11 is 0. The van der Waals surface area contributed by atoms with Crippen LogP contribution in [0.2, 0.25) is 0 Å². The molecule has 0 saturated heterocycles. The molecule has 0 atom stereocenters. The minimum Gasteiger partial charge on any atom is -0.139 e. The molecule has 0 amide bonds. The first kappa shape index (κ1) is 24.2. The van der Waals surface area contributed by atoms with Crippen LogP contribution in [0.1, 0.15) is 16.7 Å². The molecule has 0 spiro atoms. The standard InChI is InChI=1S/C40H30S/c1-27-31-19-9-10-20-32(31)33-21-11-13-23-35(33)38(27)39-28(2)40-37(34-22-12-14-24-36(34)39)25-26-41(40,29-15-5-3-6-16-29)30-17-7-4-8-18-30/h3-26H,1-2H3. The van der Waals surface area contributed by atoms with E-state index in [1.165, 1.54) is 74.8 Å². The molecule has 0 radical (unpaired) electrons. The van der Waals surface area contributed by atoms with Gasteiger partial charge in [0.05, 0.1) is 0 Å². The van der Waals surface area contributed by atoms with Crippen LogP contribution < -0.4 is 0 Å². The highest BCUT2D eigenvalue weighted by molar-refractivity contribution is 8.36. The SMILES string of the molecule is Cc1c2c(c3ccccc3c1-c1c(C)c3ccccc3c3ccccc13)C=CS2(c1ccccc1)c1ccccc1. The maximum atomic E-state index is 2.52. The van der Waals surface area contributed by atoms with E-state index in [1.807, 2.05) is 0 Å². The Morgan fingerprint density at radius 2 is 0.805 bits per heavy atom. The number of benzene rings is 7. The molecule has 0 unspecified atom stereocenters. The van der Waals surface area contributed by atoms with Gasteiger partial charge in [-0.2, -0.15) is 0 Å². The van der Waals surface area contributed by atoms with Crippen LogP contribution in [0.5, 0.6) is 0 Å². The molecule has 0 aromatic heterocycles. The summed E-state index contributed by atoms with van der Waals surface area (Å²) in [5, 5.41) is 10.5. The Bertz CT molecular complexity index is 2110. The molecule has 41 heavy (non-hydrogen) atoms. The van der Waals surface area contributed by atoms with Crippen molar-refractivity contribution in [1.29, 1.82) is 0 Å². The fourth-order valence-electron chi connectivity index (χ4n) is 7.16. The fourth-order valence-corrected chi connectivity index (χ4v) is 11.0. The molecule has 0 saturated carbocycles. The lowest BCUT2D eigenvalue weighted by molar-refractivity contribution is 1.26. The summed E-state index contributed by atoms with van der Waals surface area (Å²) in [6.45, 7) is 4.70. The summed E-state index contributed by atoms with van der Waals surface area (Å²) < 4.78 is 0. The molecule has 0 aliphatic carbocycles. The molecule has 1 heterocycles. The maximum Gasteiger partial charge on any atom is 0.0132 e. The first-order chi connectivity index (χ1) is 20.2. The zero-order chi connectivity index (χ0) is 27.6. The average molecular weight is 543 g/mol. The van der Waals surface area contributed by atoms with E-state index in [4.69, 9.17) is 0 Å².